The minimum Gasteiger partial charge on any atom is -0.371 e. The molecule has 0 radical (unpaired) electrons. The van der Waals surface area contributed by atoms with E-state index in [0.29, 0.717) is 0 Å². The number of likely N-dealkylation sites (N-methyl/N-ethyl adjacent to an activating group) is 3. The van der Waals surface area contributed by atoms with Crippen molar-refractivity contribution in [3.63, 3.8) is 0 Å². The fraction of sp³-hybridized carbons (Fsp3) is 1.00. The summed E-state index contributed by atoms with van der Waals surface area (Å²) in [7, 11) is 5.94. The van der Waals surface area contributed by atoms with Gasteiger partial charge >= 0.3 is 0 Å². The van der Waals surface area contributed by atoms with Gasteiger partial charge in [0.15, 0.2) is 0 Å². The molecule has 5 heteroatoms. The van der Waals surface area contributed by atoms with E-state index in [1.165, 1.54) is 167 Å². The van der Waals surface area contributed by atoms with Crippen molar-refractivity contribution in [2.24, 2.45) is 0 Å². The molecule has 3 N–H and O–H groups in total. The van der Waals surface area contributed by atoms with Crippen LogP contribution in [0.25, 0.3) is 0 Å². The van der Waals surface area contributed by atoms with Gasteiger partial charge in [-0.05, 0) is 34.0 Å². The highest BCUT2D eigenvalue weighted by molar-refractivity contribution is 4.84. The van der Waals surface area contributed by atoms with E-state index in [2.05, 4.69) is 29.8 Å². The Balaban J connectivity index is 3.89. The van der Waals surface area contributed by atoms with Crippen LogP contribution >= 0.6 is 0 Å². The molecule has 0 saturated heterocycles. The lowest BCUT2D eigenvalue weighted by Gasteiger charge is -2.40. The summed E-state index contributed by atoms with van der Waals surface area (Å²) in [6, 6.07) is 0. The molecule has 0 heterocycles. The van der Waals surface area contributed by atoms with Gasteiger partial charge in [-0.1, -0.05) is 181 Å². The third-order valence-electron chi connectivity index (χ3n) is 9.23. The van der Waals surface area contributed by atoms with Crippen molar-refractivity contribution in [2.45, 2.75) is 206 Å². The van der Waals surface area contributed by atoms with Crippen molar-refractivity contribution in [3.8, 4) is 0 Å². The first-order chi connectivity index (χ1) is 21.2. The van der Waals surface area contributed by atoms with Crippen LogP contribution in [-0.4, -0.2) is 52.9 Å². The van der Waals surface area contributed by atoms with Crippen molar-refractivity contribution in [2.75, 3.05) is 40.9 Å². The molecule has 0 fully saturated rings. The predicted molar refractivity (Wildman–Crippen MR) is 191 cm³/mol. The predicted octanol–water partition coefficient (Wildman–Crippen LogP) is 10.7. The summed E-state index contributed by atoms with van der Waals surface area (Å²) in [6.07, 6.45) is 38.5. The molecule has 1 atom stereocenters. The fourth-order valence-corrected chi connectivity index (χ4v) is 6.24. The molecule has 0 aliphatic carbocycles. The largest absolute Gasteiger partial charge is 0.371 e. The normalized spacial score (nSPS) is 12.8. The van der Waals surface area contributed by atoms with Crippen LogP contribution in [0.1, 0.15) is 194 Å². The minimum absolute atomic E-state index is 0.0823. The molecule has 260 valence electrons. The van der Waals surface area contributed by atoms with Gasteiger partial charge in [-0.25, -0.2) is 0 Å². The Hall–Kier alpha value is -0.200. The zero-order valence-electron chi connectivity index (χ0n) is 30.3. The Bertz CT molecular complexity index is 515. The molecule has 1 unspecified atom stereocenters. The summed E-state index contributed by atoms with van der Waals surface area (Å²) in [5.74, 6) is -0.657. The van der Waals surface area contributed by atoms with E-state index in [-0.39, 0.29) is 6.10 Å². The highest BCUT2D eigenvalue weighted by atomic mass is 16.6. The maximum atomic E-state index is 6.44. The van der Waals surface area contributed by atoms with Gasteiger partial charge in [0.05, 0.1) is 6.61 Å². The monoisotopic (exact) mass is 612 g/mol. The Morgan fingerprint density at radius 1 is 0.419 bits per heavy atom. The fourth-order valence-electron chi connectivity index (χ4n) is 6.24. The lowest BCUT2D eigenvalue weighted by molar-refractivity contribution is -0.176. The summed E-state index contributed by atoms with van der Waals surface area (Å²) in [5, 5.41) is 10.1. The molecule has 5 nitrogen and oxygen atoms in total. The van der Waals surface area contributed by atoms with Crippen molar-refractivity contribution in [1.82, 2.24) is 16.0 Å². The maximum Gasteiger partial charge on any atom is 0.202 e. The minimum atomic E-state index is -0.657. The lowest BCUT2D eigenvalue weighted by Crippen LogP contribution is -2.66. The summed E-state index contributed by atoms with van der Waals surface area (Å²) >= 11 is 0. The molecule has 0 spiro atoms. The van der Waals surface area contributed by atoms with E-state index in [4.69, 9.17) is 9.47 Å². The second-order valence-electron chi connectivity index (χ2n) is 13.2. The third-order valence-corrected chi connectivity index (χ3v) is 9.23. The standard InChI is InChI=1S/C38H81N3O2/c1-6-8-10-12-14-16-18-20-22-24-26-28-30-32-34-42-37(36-39-3)38(40-4,41-5)43-35-33-31-29-27-25-23-21-19-17-15-13-11-9-7-2/h37,39-41H,6-36H2,1-5H3. The third kappa shape index (κ3) is 26.7. The Morgan fingerprint density at radius 2 is 0.721 bits per heavy atom. The molecule has 0 aliphatic rings. The van der Waals surface area contributed by atoms with E-state index in [9.17, 15) is 0 Å². The van der Waals surface area contributed by atoms with Crippen LogP contribution in [-0.2, 0) is 9.47 Å². The summed E-state index contributed by atoms with van der Waals surface area (Å²) in [4.78, 5) is 0. The first-order valence-electron chi connectivity index (χ1n) is 19.5. The van der Waals surface area contributed by atoms with E-state index >= 15 is 0 Å². The Morgan fingerprint density at radius 3 is 1.02 bits per heavy atom. The van der Waals surface area contributed by atoms with Gasteiger partial charge in [-0.3, -0.25) is 10.6 Å². The van der Waals surface area contributed by atoms with Gasteiger partial charge in [-0.15, -0.1) is 0 Å². The van der Waals surface area contributed by atoms with E-state index in [0.717, 1.165) is 32.6 Å². The Kier molecular flexibility index (Phi) is 34.5. The van der Waals surface area contributed by atoms with Crippen LogP contribution in [0.4, 0.5) is 0 Å². The quantitative estimate of drug-likeness (QED) is 0.0482. The number of hydrogen-bond acceptors (Lipinski definition) is 5. The smallest absolute Gasteiger partial charge is 0.202 e. The SMILES string of the molecule is CCCCCCCCCCCCCCCCOC(CNC)C(NC)(NC)OCCCCCCCCCCCCCCCC. The lowest BCUT2D eigenvalue weighted by atomic mass is 10.0. The van der Waals surface area contributed by atoms with E-state index in [1.807, 2.05) is 21.1 Å². The van der Waals surface area contributed by atoms with Crippen molar-refractivity contribution in [3.05, 3.63) is 0 Å². The van der Waals surface area contributed by atoms with Gasteiger partial charge < -0.3 is 14.8 Å². The summed E-state index contributed by atoms with van der Waals surface area (Å²) in [6.45, 7) is 6.88. The zero-order chi connectivity index (χ0) is 31.5. The molecular weight excluding hydrogens is 530 g/mol. The van der Waals surface area contributed by atoms with Crippen LogP contribution in [0.5, 0.6) is 0 Å². The molecular formula is C38H81N3O2. The topological polar surface area (TPSA) is 54.5 Å². The number of unbranched alkanes of at least 4 members (excludes halogenated alkanes) is 26. The molecule has 0 rings (SSSR count). The molecule has 0 aliphatic heterocycles. The molecule has 0 aromatic carbocycles. The molecule has 0 aromatic heterocycles. The van der Waals surface area contributed by atoms with Crippen molar-refractivity contribution in [1.29, 1.82) is 0 Å². The first-order valence-corrected chi connectivity index (χ1v) is 19.5. The van der Waals surface area contributed by atoms with Crippen LogP contribution in [0.3, 0.4) is 0 Å². The van der Waals surface area contributed by atoms with Gasteiger partial charge in [0.2, 0.25) is 5.85 Å². The number of nitrogens with one attached hydrogen (secondary N) is 3. The van der Waals surface area contributed by atoms with E-state index < -0.39 is 5.85 Å². The molecule has 43 heavy (non-hydrogen) atoms. The molecule has 0 bridgehead atoms. The van der Waals surface area contributed by atoms with Crippen molar-refractivity contribution < 1.29 is 9.47 Å². The van der Waals surface area contributed by atoms with Crippen LogP contribution in [0, 0.1) is 0 Å². The number of ether oxygens (including phenoxy) is 2. The van der Waals surface area contributed by atoms with E-state index in [1.54, 1.807) is 0 Å². The van der Waals surface area contributed by atoms with Crippen molar-refractivity contribution >= 4 is 0 Å². The van der Waals surface area contributed by atoms with Crippen LogP contribution in [0.15, 0.2) is 0 Å². The Labute approximate surface area is 271 Å². The second-order valence-corrected chi connectivity index (χ2v) is 13.2. The van der Waals surface area contributed by atoms with Crippen LogP contribution in [0.2, 0.25) is 0 Å². The van der Waals surface area contributed by atoms with Crippen LogP contribution < -0.4 is 16.0 Å². The van der Waals surface area contributed by atoms with Gasteiger partial charge in [0.1, 0.15) is 6.10 Å². The molecule has 0 amide bonds. The summed E-state index contributed by atoms with van der Waals surface area (Å²) in [5.41, 5.74) is 0. The van der Waals surface area contributed by atoms with Gasteiger partial charge in [-0.2, -0.15) is 0 Å². The molecule has 0 saturated carbocycles. The highest BCUT2D eigenvalue weighted by Gasteiger charge is 2.37. The second kappa shape index (κ2) is 34.7. The number of hydrogen-bond donors (Lipinski definition) is 3. The number of rotatable bonds is 37. The average molecular weight is 612 g/mol. The first kappa shape index (κ1) is 42.8. The van der Waals surface area contributed by atoms with Gasteiger partial charge in [0, 0.05) is 13.2 Å². The summed E-state index contributed by atoms with van der Waals surface area (Å²) < 4.78 is 12.8. The van der Waals surface area contributed by atoms with Gasteiger partial charge in [0.25, 0.3) is 0 Å². The maximum absolute atomic E-state index is 6.44. The average Bonchev–Trinajstić information content (AvgIpc) is 3.02. The highest BCUT2D eigenvalue weighted by Crippen LogP contribution is 2.17. The zero-order valence-corrected chi connectivity index (χ0v) is 30.3. The molecule has 0 aromatic rings.